The van der Waals surface area contributed by atoms with Gasteiger partial charge in [-0.15, -0.1) is 0 Å². The maximum atomic E-state index is 11.1. The highest BCUT2D eigenvalue weighted by atomic mass is 17.2. The molecule has 0 aromatic heterocycles. The molecule has 0 saturated carbocycles. The molecule has 74 valence electrons. The third-order valence-electron chi connectivity index (χ3n) is 1.82. The van der Waals surface area contributed by atoms with E-state index in [0.29, 0.717) is 11.3 Å². The molecule has 1 aromatic rings. The lowest BCUT2D eigenvalue weighted by molar-refractivity contribution is -0.207. The summed E-state index contributed by atoms with van der Waals surface area (Å²) in [6.45, 7) is 1.69. The van der Waals surface area contributed by atoms with Crippen molar-refractivity contribution < 1.29 is 14.6 Å². The summed E-state index contributed by atoms with van der Waals surface area (Å²) in [6.07, 6.45) is 1.74. The number of rotatable bonds is 0. The third-order valence-corrected chi connectivity index (χ3v) is 1.82. The van der Waals surface area contributed by atoms with Crippen LogP contribution in [0.3, 0.4) is 0 Å². The Morgan fingerprint density at radius 2 is 1.86 bits per heavy atom. The van der Waals surface area contributed by atoms with Crippen molar-refractivity contribution in [2.75, 3.05) is 0 Å². The molecule has 0 N–H and O–H groups in total. The number of fused-ring (bicyclic) bond motifs is 1. The molecule has 0 unspecified atom stereocenters. The predicted octanol–water partition coefficient (Wildman–Crippen LogP) is 2.58. The molecule has 0 aliphatic carbocycles. The van der Waals surface area contributed by atoms with Crippen molar-refractivity contribution in [1.82, 2.24) is 0 Å². The van der Waals surface area contributed by atoms with Crippen LogP contribution in [0.25, 0.3) is 6.08 Å². The SMILES string of the molecule is C.CC1=Cc2ccccc2OOC1=O. The lowest BCUT2D eigenvalue weighted by atomic mass is 10.1. The first-order valence-corrected chi connectivity index (χ1v) is 3.93. The molecule has 3 nitrogen and oxygen atoms in total. The lowest BCUT2D eigenvalue weighted by Crippen LogP contribution is -2.06. The zero-order valence-electron chi connectivity index (χ0n) is 7.11. The van der Waals surface area contributed by atoms with Gasteiger partial charge in [-0.25, -0.2) is 9.68 Å². The fraction of sp³-hybridized carbons (Fsp3) is 0.182. The first kappa shape index (κ1) is 10.3. The number of carbonyl (C=O) groups is 1. The fourth-order valence-corrected chi connectivity index (χ4v) is 1.12. The largest absolute Gasteiger partial charge is 0.381 e. The van der Waals surface area contributed by atoms with E-state index in [0.717, 1.165) is 5.56 Å². The Bertz CT molecular complexity index is 380. The van der Waals surface area contributed by atoms with Gasteiger partial charge in [-0.3, -0.25) is 4.89 Å². The highest BCUT2D eigenvalue weighted by Gasteiger charge is 2.14. The number of hydrogen-bond acceptors (Lipinski definition) is 3. The zero-order chi connectivity index (χ0) is 9.26. The van der Waals surface area contributed by atoms with Gasteiger partial charge in [0.15, 0.2) is 5.75 Å². The Balaban J connectivity index is 0.000000980. The maximum Gasteiger partial charge on any atom is 0.381 e. The molecular weight excluding hydrogens is 180 g/mol. The Labute approximate surface area is 82.9 Å². The van der Waals surface area contributed by atoms with E-state index in [2.05, 4.69) is 4.89 Å². The molecule has 0 radical (unpaired) electrons. The molecule has 2 rings (SSSR count). The fourth-order valence-electron chi connectivity index (χ4n) is 1.12. The maximum absolute atomic E-state index is 11.1. The molecule has 0 bridgehead atoms. The van der Waals surface area contributed by atoms with E-state index in [4.69, 9.17) is 4.89 Å². The first-order chi connectivity index (χ1) is 6.27. The second-order valence-corrected chi connectivity index (χ2v) is 2.82. The molecule has 1 heterocycles. The number of para-hydroxylation sites is 1. The second-order valence-electron chi connectivity index (χ2n) is 2.82. The van der Waals surface area contributed by atoms with Gasteiger partial charge in [-0.05, 0) is 19.1 Å². The summed E-state index contributed by atoms with van der Waals surface area (Å²) in [4.78, 5) is 20.4. The molecule has 3 heteroatoms. The van der Waals surface area contributed by atoms with Crippen LogP contribution in [0.5, 0.6) is 5.75 Å². The van der Waals surface area contributed by atoms with Crippen LogP contribution < -0.4 is 4.89 Å². The minimum atomic E-state index is -0.448. The van der Waals surface area contributed by atoms with Gasteiger partial charge in [0.05, 0.1) is 0 Å². The average Bonchev–Trinajstić information content (AvgIpc) is 2.28. The van der Waals surface area contributed by atoms with Crippen molar-refractivity contribution in [2.45, 2.75) is 14.4 Å². The van der Waals surface area contributed by atoms with Crippen molar-refractivity contribution in [1.29, 1.82) is 0 Å². The highest BCUT2D eigenvalue weighted by molar-refractivity contribution is 5.93. The molecular formula is C11H12O3. The van der Waals surface area contributed by atoms with Crippen LogP contribution in [-0.4, -0.2) is 5.97 Å². The van der Waals surface area contributed by atoms with Crippen molar-refractivity contribution in [3.8, 4) is 5.75 Å². The Morgan fingerprint density at radius 1 is 1.14 bits per heavy atom. The molecule has 1 aromatic carbocycles. The van der Waals surface area contributed by atoms with Gasteiger partial charge in [0, 0.05) is 11.1 Å². The minimum absolute atomic E-state index is 0. The average molecular weight is 192 g/mol. The molecule has 0 fully saturated rings. The molecule has 1 aliphatic rings. The van der Waals surface area contributed by atoms with E-state index in [1.165, 1.54) is 0 Å². The van der Waals surface area contributed by atoms with Crippen LogP contribution in [0.4, 0.5) is 0 Å². The van der Waals surface area contributed by atoms with E-state index in [1.807, 2.05) is 18.2 Å². The summed E-state index contributed by atoms with van der Waals surface area (Å²) >= 11 is 0. The minimum Gasteiger partial charge on any atom is -0.286 e. The number of hydrogen-bond donors (Lipinski definition) is 0. The van der Waals surface area contributed by atoms with E-state index in [1.54, 1.807) is 19.1 Å². The van der Waals surface area contributed by atoms with Gasteiger partial charge in [0.25, 0.3) is 0 Å². The number of benzene rings is 1. The monoisotopic (exact) mass is 192 g/mol. The van der Waals surface area contributed by atoms with Crippen molar-refractivity contribution in [3.63, 3.8) is 0 Å². The van der Waals surface area contributed by atoms with Gasteiger partial charge in [0.1, 0.15) is 0 Å². The molecule has 1 aliphatic heterocycles. The molecule has 14 heavy (non-hydrogen) atoms. The van der Waals surface area contributed by atoms with Crippen LogP contribution in [0, 0.1) is 0 Å². The van der Waals surface area contributed by atoms with Gasteiger partial charge < -0.3 is 0 Å². The normalized spacial score (nSPS) is 13.8. The summed E-state index contributed by atoms with van der Waals surface area (Å²) in [5.41, 5.74) is 1.39. The highest BCUT2D eigenvalue weighted by Crippen LogP contribution is 2.24. The van der Waals surface area contributed by atoms with E-state index in [9.17, 15) is 4.79 Å². The summed E-state index contributed by atoms with van der Waals surface area (Å²) in [7, 11) is 0. The van der Waals surface area contributed by atoms with E-state index >= 15 is 0 Å². The van der Waals surface area contributed by atoms with Crippen LogP contribution in [0.15, 0.2) is 29.8 Å². The molecule has 0 amide bonds. The standard InChI is InChI=1S/C10H8O3.CH4/c1-7-6-8-4-2-3-5-9(8)12-13-10(7)11;/h2-6H,1H3;1H4. The molecule has 0 atom stereocenters. The van der Waals surface area contributed by atoms with E-state index in [-0.39, 0.29) is 7.43 Å². The predicted molar refractivity (Wildman–Crippen MR) is 53.5 cm³/mol. The summed E-state index contributed by atoms with van der Waals surface area (Å²) < 4.78 is 0. The third kappa shape index (κ3) is 1.76. The number of carbonyl (C=O) groups excluding carboxylic acids is 1. The smallest absolute Gasteiger partial charge is 0.286 e. The van der Waals surface area contributed by atoms with Crippen molar-refractivity contribution in [3.05, 3.63) is 35.4 Å². The zero-order valence-corrected chi connectivity index (χ0v) is 7.11. The van der Waals surface area contributed by atoms with Crippen LogP contribution in [0.1, 0.15) is 19.9 Å². The Hall–Kier alpha value is -1.77. The van der Waals surface area contributed by atoms with Crippen molar-refractivity contribution in [2.24, 2.45) is 0 Å². The van der Waals surface area contributed by atoms with Gasteiger partial charge in [-0.2, -0.15) is 0 Å². The first-order valence-electron chi connectivity index (χ1n) is 3.93. The summed E-state index contributed by atoms with van der Waals surface area (Å²) in [5, 5.41) is 0. The van der Waals surface area contributed by atoms with E-state index < -0.39 is 5.97 Å². The van der Waals surface area contributed by atoms with Gasteiger partial charge in [0.2, 0.25) is 0 Å². The van der Waals surface area contributed by atoms with Crippen molar-refractivity contribution >= 4 is 12.0 Å². The quantitative estimate of drug-likeness (QED) is 0.592. The van der Waals surface area contributed by atoms with Crippen LogP contribution in [0.2, 0.25) is 0 Å². The molecule has 0 spiro atoms. The van der Waals surface area contributed by atoms with Crippen LogP contribution >= 0.6 is 0 Å². The Morgan fingerprint density at radius 3 is 2.64 bits per heavy atom. The molecule has 0 saturated heterocycles. The Kier molecular flexibility index (Phi) is 2.92. The second kappa shape index (κ2) is 3.96. The summed E-state index contributed by atoms with van der Waals surface area (Å²) in [5.74, 6) is 0.115. The summed E-state index contributed by atoms with van der Waals surface area (Å²) in [6, 6.07) is 7.31. The van der Waals surface area contributed by atoms with Crippen LogP contribution in [-0.2, 0) is 9.68 Å². The van der Waals surface area contributed by atoms with Gasteiger partial charge >= 0.3 is 5.97 Å². The van der Waals surface area contributed by atoms with Gasteiger partial charge in [-0.1, -0.05) is 25.6 Å². The lowest BCUT2D eigenvalue weighted by Gasteiger charge is -2.01. The topological polar surface area (TPSA) is 35.5 Å².